The van der Waals surface area contributed by atoms with Crippen molar-refractivity contribution in [2.24, 2.45) is 4.99 Å². The first-order chi connectivity index (χ1) is 13.6. The highest BCUT2D eigenvalue weighted by molar-refractivity contribution is 8.18. The van der Waals surface area contributed by atoms with Gasteiger partial charge in [-0.2, -0.15) is 0 Å². The first kappa shape index (κ1) is 18.7. The predicted molar refractivity (Wildman–Crippen MR) is 111 cm³/mol. The van der Waals surface area contributed by atoms with E-state index in [-0.39, 0.29) is 23.4 Å². The maximum atomic E-state index is 14.1. The number of aromatic hydroxyl groups is 1. The second-order valence-electron chi connectivity index (χ2n) is 6.98. The molecule has 4 nitrogen and oxygen atoms in total. The van der Waals surface area contributed by atoms with Crippen molar-refractivity contribution in [1.82, 2.24) is 4.90 Å². The van der Waals surface area contributed by atoms with E-state index in [4.69, 9.17) is 0 Å². The number of carbonyl (C=O) groups excluding carboxylic acids is 1. The van der Waals surface area contributed by atoms with Crippen molar-refractivity contribution in [2.75, 3.05) is 0 Å². The highest BCUT2D eigenvalue weighted by Crippen LogP contribution is 2.39. The second-order valence-corrected chi connectivity index (χ2v) is 7.99. The summed E-state index contributed by atoms with van der Waals surface area (Å²) in [5.74, 6) is -0.424. The van der Waals surface area contributed by atoms with Crippen LogP contribution in [0.5, 0.6) is 5.75 Å². The first-order valence-electron chi connectivity index (χ1n) is 9.48. The molecule has 1 amide bonds. The van der Waals surface area contributed by atoms with Crippen molar-refractivity contribution >= 4 is 34.6 Å². The lowest BCUT2D eigenvalue weighted by atomic mass is 9.94. The normalized spacial score (nSPS) is 21.0. The van der Waals surface area contributed by atoms with Gasteiger partial charge < -0.3 is 5.11 Å². The number of amides is 1. The number of benzene rings is 2. The molecule has 0 bridgehead atoms. The molecule has 2 aromatic carbocycles. The minimum absolute atomic E-state index is 0.0783. The third-order valence-electron chi connectivity index (χ3n) is 5.07. The van der Waals surface area contributed by atoms with Gasteiger partial charge in [0, 0.05) is 11.6 Å². The average molecular weight is 396 g/mol. The standard InChI is InChI=1S/C22H21FN2O2S/c23-17-11-5-6-12-18(17)24-22-25(16-9-2-1-3-10-16)21(27)20(28-22)14-15-8-4-7-13-19(15)26/h4-8,11-14,16,26H,1-3,9-10H2/b20-14-,24-22?. The molecule has 1 saturated carbocycles. The van der Waals surface area contributed by atoms with E-state index < -0.39 is 5.82 Å². The van der Waals surface area contributed by atoms with Crippen LogP contribution in [-0.2, 0) is 4.79 Å². The molecule has 1 heterocycles. The van der Waals surface area contributed by atoms with Crippen molar-refractivity contribution in [2.45, 2.75) is 38.1 Å². The Morgan fingerprint density at radius 2 is 1.79 bits per heavy atom. The van der Waals surface area contributed by atoms with Gasteiger partial charge in [0.1, 0.15) is 17.3 Å². The lowest BCUT2D eigenvalue weighted by Gasteiger charge is -2.30. The van der Waals surface area contributed by atoms with Crippen LogP contribution in [0.1, 0.15) is 37.7 Å². The second kappa shape index (κ2) is 8.19. The van der Waals surface area contributed by atoms with Crippen LogP contribution in [0, 0.1) is 5.82 Å². The Labute approximate surface area is 167 Å². The molecule has 0 spiro atoms. The minimum atomic E-state index is -0.412. The van der Waals surface area contributed by atoms with Crippen LogP contribution in [0.15, 0.2) is 58.4 Å². The molecule has 6 heteroatoms. The van der Waals surface area contributed by atoms with Crippen LogP contribution in [0.25, 0.3) is 6.08 Å². The number of amidine groups is 1. The molecule has 1 N–H and O–H groups in total. The van der Waals surface area contributed by atoms with Crippen molar-refractivity contribution in [3.05, 3.63) is 64.8 Å². The molecule has 0 atom stereocenters. The highest BCUT2D eigenvalue weighted by atomic mass is 32.2. The van der Waals surface area contributed by atoms with Crippen LogP contribution in [0.2, 0.25) is 0 Å². The number of rotatable bonds is 3. The molecule has 1 aliphatic heterocycles. The minimum Gasteiger partial charge on any atom is -0.507 e. The Bertz CT molecular complexity index is 951. The summed E-state index contributed by atoms with van der Waals surface area (Å²) in [4.78, 5) is 19.9. The first-order valence-corrected chi connectivity index (χ1v) is 10.3. The van der Waals surface area contributed by atoms with E-state index >= 15 is 0 Å². The number of para-hydroxylation sites is 2. The molecule has 28 heavy (non-hydrogen) atoms. The summed E-state index contributed by atoms with van der Waals surface area (Å²) < 4.78 is 14.1. The van der Waals surface area contributed by atoms with Crippen LogP contribution in [0.4, 0.5) is 10.1 Å². The Balaban J connectivity index is 1.73. The fourth-order valence-corrected chi connectivity index (χ4v) is 4.66. The van der Waals surface area contributed by atoms with Crippen molar-refractivity contribution in [3.63, 3.8) is 0 Å². The van der Waals surface area contributed by atoms with Crippen LogP contribution >= 0.6 is 11.8 Å². The van der Waals surface area contributed by atoms with Gasteiger partial charge in [0.2, 0.25) is 0 Å². The van der Waals surface area contributed by atoms with Gasteiger partial charge in [-0.3, -0.25) is 9.69 Å². The predicted octanol–water partition coefficient (Wildman–Crippen LogP) is 5.47. The number of carbonyl (C=O) groups is 1. The topological polar surface area (TPSA) is 52.9 Å². The van der Waals surface area contributed by atoms with Gasteiger partial charge in [0.25, 0.3) is 5.91 Å². The van der Waals surface area contributed by atoms with Crippen molar-refractivity contribution in [1.29, 1.82) is 0 Å². The lowest BCUT2D eigenvalue weighted by molar-refractivity contribution is -0.124. The molecular weight excluding hydrogens is 375 g/mol. The number of aliphatic imine (C=N–C) groups is 1. The van der Waals surface area contributed by atoms with Crippen molar-refractivity contribution < 1.29 is 14.3 Å². The third-order valence-corrected chi connectivity index (χ3v) is 6.05. The number of thioether (sulfide) groups is 1. The average Bonchev–Trinajstić information content (AvgIpc) is 3.01. The SMILES string of the molecule is O=C1/C(=C/c2ccccc2O)SC(=Nc2ccccc2F)N1C1CCCCC1. The van der Waals surface area contributed by atoms with Gasteiger partial charge in [-0.25, -0.2) is 9.38 Å². The van der Waals surface area contributed by atoms with E-state index in [1.165, 1.54) is 24.2 Å². The number of phenolic OH excluding ortho intramolecular Hbond substituents is 1. The van der Waals surface area contributed by atoms with Crippen LogP contribution in [-0.4, -0.2) is 27.1 Å². The quantitative estimate of drug-likeness (QED) is 0.700. The fraction of sp³-hybridized carbons (Fsp3) is 0.273. The van der Waals surface area contributed by atoms with Crippen molar-refractivity contribution in [3.8, 4) is 5.75 Å². The van der Waals surface area contributed by atoms with E-state index in [0.717, 1.165) is 25.7 Å². The molecule has 0 aromatic heterocycles. The van der Waals surface area contributed by atoms with Gasteiger partial charge in [0.15, 0.2) is 5.17 Å². The number of phenols is 1. The highest BCUT2D eigenvalue weighted by Gasteiger charge is 2.38. The monoisotopic (exact) mass is 396 g/mol. The van der Waals surface area contributed by atoms with E-state index in [1.807, 2.05) is 6.07 Å². The summed E-state index contributed by atoms with van der Waals surface area (Å²) in [7, 11) is 0. The Hall–Kier alpha value is -2.60. The summed E-state index contributed by atoms with van der Waals surface area (Å²) in [6.45, 7) is 0. The molecule has 144 valence electrons. The van der Waals surface area contributed by atoms with E-state index in [1.54, 1.807) is 47.4 Å². The van der Waals surface area contributed by atoms with Gasteiger partial charge >= 0.3 is 0 Å². The molecule has 0 unspecified atom stereocenters. The van der Waals surface area contributed by atoms with Gasteiger partial charge in [-0.1, -0.05) is 49.6 Å². The molecule has 1 aliphatic carbocycles. The number of halogens is 1. The van der Waals surface area contributed by atoms with E-state index in [9.17, 15) is 14.3 Å². The number of hydrogen-bond acceptors (Lipinski definition) is 4. The van der Waals surface area contributed by atoms with Gasteiger partial charge in [-0.15, -0.1) is 0 Å². The molecule has 2 aromatic rings. The molecular formula is C22H21FN2O2S. The third kappa shape index (κ3) is 3.83. The Morgan fingerprint density at radius 3 is 2.54 bits per heavy atom. The number of nitrogens with zero attached hydrogens (tertiary/aromatic N) is 2. The fourth-order valence-electron chi connectivity index (χ4n) is 3.62. The zero-order valence-corrected chi connectivity index (χ0v) is 16.2. The summed E-state index contributed by atoms with van der Waals surface area (Å²) in [6.07, 6.45) is 6.85. The summed E-state index contributed by atoms with van der Waals surface area (Å²) in [6, 6.07) is 13.3. The van der Waals surface area contributed by atoms with E-state index in [0.29, 0.717) is 15.6 Å². The number of hydrogen-bond donors (Lipinski definition) is 1. The Morgan fingerprint density at radius 1 is 1.07 bits per heavy atom. The maximum absolute atomic E-state index is 14.1. The van der Waals surface area contributed by atoms with E-state index in [2.05, 4.69) is 4.99 Å². The molecule has 2 aliphatic rings. The largest absolute Gasteiger partial charge is 0.507 e. The molecule has 0 radical (unpaired) electrons. The van der Waals surface area contributed by atoms with Gasteiger partial charge in [-0.05, 0) is 48.9 Å². The van der Waals surface area contributed by atoms with Crippen LogP contribution < -0.4 is 0 Å². The summed E-state index contributed by atoms with van der Waals surface area (Å²) in [5.41, 5.74) is 0.802. The Kier molecular flexibility index (Phi) is 5.48. The zero-order chi connectivity index (χ0) is 19.5. The molecule has 4 rings (SSSR count). The van der Waals surface area contributed by atoms with Crippen LogP contribution in [0.3, 0.4) is 0 Å². The summed E-state index contributed by atoms with van der Waals surface area (Å²) >= 11 is 1.24. The molecule has 1 saturated heterocycles. The lowest BCUT2D eigenvalue weighted by Crippen LogP contribution is -2.40. The van der Waals surface area contributed by atoms with Gasteiger partial charge in [0.05, 0.1) is 4.91 Å². The molecule has 2 fully saturated rings. The smallest absolute Gasteiger partial charge is 0.267 e. The summed E-state index contributed by atoms with van der Waals surface area (Å²) in [5, 5.41) is 10.6. The maximum Gasteiger partial charge on any atom is 0.267 e. The zero-order valence-electron chi connectivity index (χ0n) is 15.3.